The maximum absolute atomic E-state index is 12.6. The summed E-state index contributed by atoms with van der Waals surface area (Å²) in [6.45, 7) is 0.217. The quantitative estimate of drug-likeness (QED) is 0.769. The van der Waals surface area contributed by atoms with Crippen molar-refractivity contribution in [2.75, 3.05) is 13.2 Å². The highest BCUT2D eigenvalue weighted by Gasteiger charge is 2.29. The van der Waals surface area contributed by atoms with Crippen molar-refractivity contribution in [1.29, 1.82) is 0 Å². The second kappa shape index (κ2) is 3.58. The lowest BCUT2D eigenvalue weighted by Gasteiger charge is -2.26. The Balaban J connectivity index is 2.33. The first-order valence-corrected chi connectivity index (χ1v) is 4.14. The average molecular weight is 205 g/mol. The van der Waals surface area contributed by atoms with Gasteiger partial charge in [-0.25, -0.2) is 13.5 Å². The van der Waals surface area contributed by atoms with Gasteiger partial charge in [-0.1, -0.05) is 5.21 Å². The van der Waals surface area contributed by atoms with Crippen molar-refractivity contribution in [3.63, 3.8) is 0 Å². The zero-order valence-corrected chi connectivity index (χ0v) is 7.23. The minimum absolute atomic E-state index is 0.0631. The molecule has 1 aromatic rings. The van der Waals surface area contributed by atoms with E-state index in [1.165, 1.54) is 0 Å². The van der Waals surface area contributed by atoms with Gasteiger partial charge in [-0.15, -0.1) is 5.10 Å². The smallest absolute Gasteiger partial charge is 0.282 e. The van der Waals surface area contributed by atoms with Crippen LogP contribution in [0.1, 0.15) is 23.9 Å². The minimum atomic E-state index is -2.67. The van der Waals surface area contributed by atoms with E-state index in [0.717, 1.165) is 4.68 Å². The SMILES string of the molecule is OCc1nnn(C2COC2)c1C(F)F. The van der Waals surface area contributed by atoms with Gasteiger partial charge in [-0.05, 0) is 0 Å². The molecule has 0 radical (unpaired) electrons. The normalized spacial score (nSPS) is 17.4. The lowest BCUT2D eigenvalue weighted by molar-refractivity contribution is -0.0343. The van der Waals surface area contributed by atoms with Crippen LogP contribution in [0.3, 0.4) is 0 Å². The number of ether oxygens (including phenoxy) is 1. The van der Waals surface area contributed by atoms with E-state index in [2.05, 4.69) is 10.3 Å². The molecule has 1 aliphatic heterocycles. The molecular weight excluding hydrogens is 196 g/mol. The number of aliphatic hydroxyl groups is 1. The van der Waals surface area contributed by atoms with Crippen molar-refractivity contribution in [2.45, 2.75) is 19.1 Å². The van der Waals surface area contributed by atoms with E-state index < -0.39 is 13.0 Å². The number of nitrogens with zero attached hydrogens (tertiary/aromatic N) is 3. The lowest BCUT2D eigenvalue weighted by atomic mass is 10.2. The number of alkyl halides is 2. The minimum Gasteiger partial charge on any atom is -0.390 e. The maximum Gasteiger partial charge on any atom is 0.282 e. The highest BCUT2D eigenvalue weighted by Crippen LogP contribution is 2.26. The molecule has 1 fully saturated rings. The summed E-state index contributed by atoms with van der Waals surface area (Å²) in [6, 6.07) is -0.174. The van der Waals surface area contributed by atoms with Crippen LogP contribution in [-0.4, -0.2) is 33.3 Å². The molecule has 78 valence electrons. The summed E-state index contributed by atoms with van der Waals surface area (Å²) in [7, 11) is 0. The first kappa shape index (κ1) is 9.47. The molecule has 7 heteroatoms. The predicted molar refractivity (Wildman–Crippen MR) is 40.8 cm³/mol. The number of aromatic nitrogens is 3. The van der Waals surface area contributed by atoms with Crippen LogP contribution in [0.2, 0.25) is 0 Å². The highest BCUT2D eigenvalue weighted by molar-refractivity contribution is 5.11. The molecule has 14 heavy (non-hydrogen) atoms. The first-order chi connectivity index (χ1) is 6.74. The van der Waals surface area contributed by atoms with Gasteiger partial charge in [-0.3, -0.25) is 0 Å². The molecule has 1 saturated heterocycles. The van der Waals surface area contributed by atoms with Gasteiger partial charge >= 0.3 is 0 Å². The molecule has 0 unspecified atom stereocenters. The standard InChI is InChI=1S/C7H9F2N3O2/c8-7(9)6-5(1-13)10-11-12(6)4-2-14-3-4/h4,7,13H,1-3H2. The Morgan fingerprint density at radius 3 is 2.71 bits per heavy atom. The Morgan fingerprint density at radius 2 is 2.29 bits per heavy atom. The molecule has 5 nitrogen and oxygen atoms in total. The molecule has 2 heterocycles. The summed E-state index contributed by atoms with van der Waals surface area (Å²) in [4.78, 5) is 0. The second-order valence-corrected chi connectivity index (χ2v) is 3.02. The molecule has 0 spiro atoms. The van der Waals surface area contributed by atoms with Crippen molar-refractivity contribution < 1.29 is 18.6 Å². The van der Waals surface area contributed by atoms with E-state index >= 15 is 0 Å². The van der Waals surface area contributed by atoms with Crippen LogP contribution in [0.25, 0.3) is 0 Å². The van der Waals surface area contributed by atoms with Crippen LogP contribution in [0.4, 0.5) is 8.78 Å². The third-order valence-corrected chi connectivity index (χ3v) is 2.13. The fourth-order valence-corrected chi connectivity index (χ4v) is 1.31. The number of rotatable bonds is 3. The van der Waals surface area contributed by atoms with Crippen LogP contribution in [0.5, 0.6) is 0 Å². The summed E-state index contributed by atoms with van der Waals surface area (Å²) in [5.41, 5.74) is -0.368. The fourth-order valence-electron chi connectivity index (χ4n) is 1.31. The van der Waals surface area contributed by atoms with Gasteiger partial charge in [0.05, 0.1) is 19.8 Å². The molecule has 0 amide bonds. The van der Waals surface area contributed by atoms with E-state index in [1.54, 1.807) is 0 Å². The molecule has 0 saturated carbocycles. The highest BCUT2D eigenvalue weighted by atomic mass is 19.3. The monoisotopic (exact) mass is 205 g/mol. The molecule has 1 N–H and O–H groups in total. The van der Waals surface area contributed by atoms with Crippen molar-refractivity contribution in [1.82, 2.24) is 15.0 Å². The summed E-state index contributed by atoms with van der Waals surface area (Å²) in [6.07, 6.45) is -2.67. The van der Waals surface area contributed by atoms with Gasteiger partial charge in [0.2, 0.25) is 0 Å². The van der Waals surface area contributed by atoms with Gasteiger partial charge in [0.15, 0.2) is 0 Å². The molecular formula is C7H9F2N3O2. The number of halogens is 2. The predicted octanol–water partition coefficient (Wildman–Crippen LogP) is 0.279. The molecule has 1 aliphatic rings. The van der Waals surface area contributed by atoms with E-state index in [1.807, 2.05) is 0 Å². The largest absolute Gasteiger partial charge is 0.390 e. The lowest BCUT2D eigenvalue weighted by Crippen LogP contribution is -2.32. The van der Waals surface area contributed by atoms with Crippen molar-refractivity contribution in [3.05, 3.63) is 11.4 Å². The van der Waals surface area contributed by atoms with Crippen molar-refractivity contribution >= 4 is 0 Å². The van der Waals surface area contributed by atoms with Gasteiger partial charge in [0.25, 0.3) is 6.43 Å². The maximum atomic E-state index is 12.6. The van der Waals surface area contributed by atoms with E-state index in [4.69, 9.17) is 9.84 Å². The second-order valence-electron chi connectivity index (χ2n) is 3.02. The van der Waals surface area contributed by atoms with Gasteiger partial charge < -0.3 is 9.84 Å². The number of hydrogen-bond donors (Lipinski definition) is 1. The summed E-state index contributed by atoms with van der Waals surface area (Å²) in [5, 5.41) is 15.8. The van der Waals surface area contributed by atoms with Crippen molar-refractivity contribution in [3.8, 4) is 0 Å². The van der Waals surface area contributed by atoms with Gasteiger partial charge in [0, 0.05) is 0 Å². The van der Waals surface area contributed by atoms with Crippen LogP contribution in [-0.2, 0) is 11.3 Å². The van der Waals surface area contributed by atoms with E-state index in [0.29, 0.717) is 13.2 Å². The molecule has 0 aromatic carbocycles. The summed E-state index contributed by atoms with van der Waals surface area (Å²) in [5.74, 6) is 0. The van der Waals surface area contributed by atoms with E-state index in [9.17, 15) is 8.78 Å². The number of aliphatic hydroxyl groups excluding tert-OH is 1. The molecule has 0 aliphatic carbocycles. The molecule has 1 aromatic heterocycles. The third kappa shape index (κ3) is 1.38. The van der Waals surface area contributed by atoms with Crippen LogP contribution >= 0.6 is 0 Å². The van der Waals surface area contributed by atoms with Gasteiger partial charge in [0.1, 0.15) is 17.4 Å². The fraction of sp³-hybridized carbons (Fsp3) is 0.714. The van der Waals surface area contributed by atoms with E-state index in [-0.39, 0.29) is 17.4 Å². The van der Waals surface area contributed by atoms with Crippen LogP contribution in [0, 0.1) is 0 Å². The van der Waals surface area contributed by atoms with Crippen molar-refractivity contribution in [2.24, 2.45) is 0 Å². The molecule has 0 bridgehead atoms. The zero-order valence-electron chi connectivity index (χ0n) is 7.23. The topological polar surface area (TPSA) is 60.2 Å². The number of hydrogen-bond acceptors (Lipinski definition) is 4. The zero-order chi connectivity index (χ0) is 10.1. The molecule has 0 atom stereocenters. The summed E-state index contributed by atoms with van der Waals surface area (Å²) < 4.78 is 31.2. The van der Waals surface area contributed by atoms with Gasteiger partial charge in [-0.2, -0.15) is 0 Å². The Labute approximate surface area is 78.3 Å². The third-order valence-electron chi connectivity index (χ3n) is 2.13. The molecule has 2 rings (SSSR count). The van der Waals surface area contributed by atoms with Crippen LogP contribution < -0.4 is 0 Å². The Hall–Kier alpha value is -1.08. The Bertz CT molecular complexity index is 325. The summed E-state index contributed by atoms with van der Waals surface area (Å²) >= 11 is 0. The first-order valence-electron chi connectivity index (χ1n) is 4.14. The van der Waals surface area contributed by atoms with Crippen LogP contribution in [0.15, 0.2) is 0 Å². The Morgan fingerprint density at radius 1 is 1.57 bits per heavy atom. The Kier molecular flexibility index (Phi) is 2.42. The average Bonchev–Trinajstić information content (AvgIpc) is 2.44.